The summed E-state index contributed by atoms with van der Waals surface area (Å²) in [6.07, 6.45) is 9.76. The van der Waals surface area contributed by atoms with Crippen LogP contribution in [0.2, 0.25) is 0 Å². The van der Waals surface area contributed by atoms with E-state index in [2.05, 4.69) is 6.92 Å². The second-order valence-electron chi connectivity index (χ2n) is 6.26. The van der Waals surface area contributed by atoms with E-state index in [1.54, 1.807) is 0 Å². The van der Waals surface area contributed by atoms with Crippen LogP contribution in [-0.2, 0) is 4.79 Å². The summed E-state index contributed by atoms with van der Waals surface area (Å²) in [6, 6.07) is 0. The highest BCUT2D eigenvalue weighted by molar-refractivity contribution is 5.52. The molecule has 0 heterocycles. The first-order valence-corrected chi connectivity index (χ1v) is 6.75. The van der Waals surface area contributed by atoms with E-state index in [0.717, 1.165) is 35.9 Å². The van der Waals surface area contributed by atoms with Gasteiger partial charge in [0.05, 0.1) is 0 Å². The predicted octanol–water partition coefficient (Wildman–Crippen LogP) is 3.28. The van der Waals surface area contributed by atoms with Gasteiger partial charge in [-0.1, -0.05) is 6.92 Å². The summed E-state index contributed by atoms with van der Waals surface area (Å²) >= 11 is 0. The summed E-state index contributed by atoms with van der Waals surface area (Å²) in [7, 11) is 0. The third-order valence-corrected chi connectivity index (χ3v) is 5.48. The molecule has 0 aromatic rings. The minimum Gasteiger partial charge on any atom is -0.303 e. The fourth-order valence-electron chi connectivity index (χ4n) is 5.02. The maximum absolute atomic E-state index is 10.7. The van der Waals surface area contributed by atoms with Crippen molar-refractivity contribution in [1.82, 2.24) is 0 Å². The molecule has 0 aromatic heterocycles. The molecule has 0 N–H and O–H groups in total. The van der Waals surface area contributed by atoms with Crippen LogP contribution in [0.4, 0.5) is 0 Å². The third kappa shape index (κ3) is 1.46. The van der Waals surface area contributed by atoms with Gasteiger partial charge in [0.25, 0.3) is 0 Å². The first-order chi connectivity index (χ1) is 7.29. The zero-order valence-corrected chi connectivity index (χ0v) is 9.69. The average molecular weight is 206 g/mol. The maximum atomic E-state index is 10.7. The Bertz CT molecular complexity index is 260. The lowest BCUT2D eigenvalue weighted by molar-refractivity contribution is -0.111. The molecule has 5 unspecified atom stereocenters. The van der Waals surface area contributed by atoms with Crippen molar-refractivity contribution >= 4 is 6.29 Å². The Morgan fingerprint density at radius 3 is 2.80 bits per heavy atom. The van der Waals surface area contributed by atoms with Gasteiger partial charge in [-0.3, -0.25) is 0 Å². The van der Waals surface area contributed by atoms with Gasteiger partial charge in [-0.05, 0) is 68.1 Å². The molecule has 2 bridgehead atoms. The van der Waals surface area contributed by atoms with E-state index >= 15 is 0 Å². The first kappa shape index (κ1) is 9.86. The van der Waals surface area contributed by atoms with Gasteiger partial charge in [-0.15, -0.1) is 0 Å². The summed E-state index contributed by atoms with van der Waals surface area (Å²) in [6.45, 7) is 2.09. The molecule has 0 aliphatic heterocycles. The Balaban J connectivity index is 1.69. The molecule has 0 saturated heterocycles. The molecule has 3 aliphatic rings. The van der Waals surface area contributed by atoms with Crippen LogP contribution < -0.4 is 0 Å². The normalized spacial score (nSPS) is 49.3. The number of aldehydes is 1. The highest BCUT2D eigenvalue weighted by Crippen LogP contribution is 2.61. The van der Waals surface area contributed by atoms with Gasteiger partial charge in [-0.25, -0.2) is 0 Å². The second kappa shape index (κ2) is 3.61. The van der Waals surface area contributed by atoms with E-state index in [0.29, 0.717) is 5.92 Å². The molecule has 84 valence electrons. The van der Waals surface area contributed by atoms with E-state index in [4.69, 9.17) is 0 Å². The van der Waals surface area contributed by atoms with Crippen molar-refractivity contribution in [2.45, 2.75) is 45.4 Å². The molecular formula is C14H22O. The van der Waals surface area contributed by atoms with Crippen molar-refractivity contribution in [2.24, 2.45) is 35.5 Å². The molecule has 15 heavy (non-hydrogen) atoms. The number of hydrogen-bond donors (Lipinski definition) is 0. The molecule has 6 atom stereocenters. The minimum atomic E-state index is 0.299. The lowest BCUT2D eigenvalue weighted by atomic mass is 9.76. The Morgan fingerprint density at radius 1 is 1.20 bits per heavy atom. The zero-order chi connectivity index (χ0) is 10.4. The predicted molar refractivity (Wildman–Crippen MR) is 60.4 cm³/mol. The van der Waals surface area contributed by atoms with Crippen LogP contribution in [0.5, 0.6) is 0 Å². The SMILES string of the molecule is C[C@@H](C=O)CC1CCC2C3CCC(C3)C12. The van der Waals surface area contributed by atoms with E-state index in [1.165, 1.54) is 38.5 Å². The Kier molecular flexibility index (Phi) is 2.37. The summed E-state index contributed by atoms with van der Waals surface area (Å²) < 4.78 is 0. The van der Waals surface area contributed by atoms with Crippen LogP contribution in [0.15, 0.2) is 0 Å². The first-order valence-electron chi connectivity index (χ1n) is 6.75. The van der Waals surface area contributed by atoms with Crippen molar-refractivity contribution in [2.75, 3.05) is 0 Å². The van der Waals surface area contributed by atoms with Crippen LogP contribution in [0, 0.1) is 35.5 Å². The van der Waals surface area contributed by atoms with E-state index in [9.17, 15) is 4.79 Å². The standard InChI is InChI=1S/C14H22O/c1-9(8-15)6-11-4-5-13-10-2-3-12(7-10)14(11)13/h8-14H,2-7H2,1H3/t9-,10?,11?,12?,13?,14?/m1/s1. The lowest BCUT2D eigenvalue weighted by Gasteiger charge is -2.29. The summed E-state index contributed by atoms with van der Waals surface area (Å²) in [5.41, 5.74) is 0. The Hall–Kier alpha value is -0.330. The van der Waals surface area contributed by atoms with Crippen molar-refractivity contribution < 1.29 is 4.79 Å². The Labute approximate surface area is 92.6 Å². The third-order valence-electron chi connectivity index (χ3n) is 5.48. The fraction of sp³-hybridized carbons (Fsp3) is 0.929. The second-order valence-corrected chi connectivity index (χ2v) is 6.26. The van der Waals surface area contributed by atoms with Crippen LogP contribution >= 0.6 is 0 Å². The summed E-state index contributed by atoms with van der Waals surface area (Å²) in [4.78, 5) is 10.7. The topological polar surface area (TPSA) is 17.1 Å². The maximum Gasteiger partial charge on any atom is 0.122 e. The van der Waals surface area contributed by atoms with Crippen LogP contribution in [0.1, 0.15) is 45.4 Å². The van der Waals surface area contributed by atoms with Crippen molar-refractivity contribution in [3.63, 3.8) is 0 Å². The molecule has 0 radical (unpaired) electrons. The monoisotopic (exact) mass is 206 g/mol. The molecule has 3 rings (SSSR count). The van der Waals surface area contributed by atoms with Crippen molar-refractivity contribution in [3.05, 3.63) is 0 Å². The van der Waals surface area contributed by atoms with Crippen LogP contribution in [-0.4, -0.2) is 6.29 Å². The molecule has 0 amide bonds. The van der Waals surface area contributed by atoms with Gasteiger partial charge in [0.2, 0.25) is 0 Å². The molecule has 3 aliphatic carbocycles. The van der Waals surface area contributed by atoms with E-state index < -0.39 is 0 Å². The van der Waals surface area contributed by atoms with Gasteiger partial charge < -0.3 is 4.79 Å². The quantitative estimate of drug-likeness (QED) is 0.648. The molecule has 0 aromatic carbocycles. The van der Waals surface area contributed by atoms with E-state index in [1.807, 2.05) is 0 Å². The molecular weight excluding hydrogens is 184 g/mol. The van der Waals surface area contributed by atoms with Gasteiger partial charge in [-0.2, -0.15) is 0 Å². The smallest absolute Gasteiger partial charge is 0.122 e. The Morgan fingerprint density at radius 2 is 2.00 bits per heavy atom. The number of carbonyl (C=O) groups is 1. The van der Waals surface area contributed by atoms with Crippen molar-refractivity contribution in [3.8, 4) is 0 Å². The number of hydrogen-bond acceptors (Lipinski definition) is 1. The van der Waals surface area contributed by atoms with Crippen LogP contribution in [0.25, 0.3) is 0 Å². The molecule has 3 saturated carbocycles. The van der Waals surface area contributed by atoms with Gasteiger partial charge in [0, 0.05) is 5.92 Å². The number of fused-ring (bicyclic) bond motifs is 5. The average Bonchev–Trinajstić information content (AvgIpc) is 2.89. The fourth-order valence-corrected chi connectivity index (χ4v) is 5.02. The number of rotatable bonds is 3. The largest absolute Gasteiger partial charge is 0.303 e. The van der Waals surface area contributed by atoms with Crippen LogP contribution in [0.3, 0.4) is 0 Å². The molecule has 1 heteroatoms. The highest BCUT2D eigenvalue weighted by atomic mass is 16.1. The highest BCUT2D eigenvalue weighted by Gasteiger charge is 2.52. The van der Waals surface area contributed by atoms with Crippen molar-refractivity contribution in [1.29, 1.82) is 0 Å². The minimum absolute atomic E-state index is 0.299. The molecule has 0 spiro atoms. The van der Waals surface area contributed by atoms with Gasteiger partial charge in [0.15, 0.2) is 0 Å². The molecule has 3 fully saturated rings. The lowest BCUT2D eigenvalue weighted by Crippen LogP contribution is -2.23. The number of carbonyl (C=O) groups excluding carboxylic acids is 1. The van der Waals surface area contributed by atoms with E-state index in [-0.39, 0.29) is 0 Å². The van der Waals surface area contributed by atoms with Gasteiger partial charge >= 0.3 is 0 Å². The zero-order valence-electron chi connectivity index (χ0n) is 9.69. The van der Waals surface area contributed by atoms with Gasteiger partial charge in [0.1, 0.15) is 6.29 Å². The summed E-state index contributed by atoms with van der Waals surface area (Å²) in [5, 5.41) is 0. The molecule has 1 nitrogen and oxygen atoms in total. The summed E-state index contributed by atoms with van der Waals surface area (Å²) in [5.74, 6) is 5.40.